The third-order valence-corrected chi connectivity index (χ3v) is 5.06. The number of hydrogen-bond donors (Lipinski definition) is 1. The molecular formula is C19H29ClN2O3. The molecule has 4 atom stereocenters. The quantitative estimate of drug-likeness (QED) is 0.866. The first kappa shape index (κ1) is 20.2. The first-order valence-corrected chi connectivity index (χ1v) is 8.97. The van der Waals surface area contributed by atoms with Crippen LogP contribution in [0, 0.1) is 0 Å². The molecule has 0 radical (unpaired) electrons. The van der Waals surface area contributed by atoms with E-state index in [1.165, 1.54) is 12.0 Å². The van der Waals surface area contributed by atoms with Crippen LogP contribution in [0.25, 0.3) is 0 Å². The van der Waals surface area contributed by atoms with Crippen LogP contribution in [0.2, 0.25) is 0 Å². The number of hydrogen-bond acceptors (Lipinski definition) is 4. The van der Waals surface area contributed by atoms with Crippen LogP contribution in [0.5, 0.6) is 0 Å². The van der Waals surface area contributed by atoms with Gasteiger partial charge in [0.1, 0.15) is 6.10 Å². The first-order valence-electron chi connectivity index (χ1n) is 8.97. The fourth-order valence-electron chi connectivity index (χ4n) is 3.58. The molecule has 0 bridgehead atoms. The molecule has 3 rings (SSSR count). The summed E-state index contributed by atoms with van der Waals surface area (Å²) >= 11 is 0. The minimum absolute atomic E-state index is 0. The average Bonchev–Trinajstić information content (AvgIpc) is 3.02. The van der Waals surface area contributed by atoms with Crippen molar-refractivity contribution in [3.63, 3.8) is 0 Å². The summed E-state index contributed by atoms with van der Waals surface area (Å²) in [5, 5.41) is 0. The van der Waals surface area contributed by atoms with Crippen molar-refractivity contribution in [3.8, 4) is 0 Å². The van der Waals surface area contributed by atoms with Crippen LogP contribution in [-0.4, -0.2) is 55.4 Å². The number of ether oxygens (including phenoxy) is 2. The summed E-state index contributed by atoms with van der Waals surface area (Å²) in [6.07, 6.45) is 3.00. The highest BCUT2D eigenvalue weighted by atomic mass is 35.5. The van der Waals surface area contributed by atoms with Gasteiger partial charge in [0.25, 0.3) is 5.91 Å². The zero-order valence-corrected chi connectivity index (χ0v) is 15.6. The zero-order valence-electron chi connectivity index (χ0n) is 14.8. The Morgan fingerprint density at radius 2 is 2.08 bits per heavy atom. The number of carbonyl (C=O) groups excluding carboxylic acids is 1. The Kier molecular flexibility index (Phi) is 7.69. The maximum atomic E-state index is 12.6. The molecular weight excluding hydrogens is 340 g/mol. The molecule has 25 heavy (non-hydrogen) atoms. The monoisotopic (exact) mass is 368 g/mol. The predicted octanol–water partition coefficient (Wildman–Crippen LogP) is 2.34. The van der Waals surface area contributed by atoms with Crippen LogP contribution in [0.4, 0.5) is 0 Å². The molecule has 140 valence electrons. The minimum Gasteiger partial charge on any atom is -0.376 e. The molecule has 2 aliphatic rings. The normalized spacial score (nSPS) is 27.6. The number of halogens is 1. The second-order valence-electron chi connectivity index (χ2n) is 6.89. The number of rotatable bonds is 5. The average molecular weight is 369 g/mol. The Labute approximate surface area is 156 Å². The SMILES string of the molecule is CC(OCC1CCCCO1)C(=O)N1C[C@@H](N)[C@H](c2ccccc2)C1.Cl. The van der Waals surface area contributed by atoms with E-state index in [4.69, 9.17) is 15.2 Å². The smallest absolute Gasteiger partial charge is 0.251 e. The van der Waals surface area contributed by atoms with E-state index >= 15 is 0 Å². The molecule has 2 N–H and O–H groups in total. The second kappa shape index (κ2) is 9.53. The summed E-state index contributed by atoms with van der Waals surface area (Å²) in [6, 6.07) is 10.2. The summed E-state index contributed by atoms with van der Waals surface area (Å²) in [5.41, 5.74) is 7.47. The number of nitrogens with zero attached hydrogens (tertiary/aromatic N) is 1. The fourth-order valence-corrected chi connectivity index (χ4v) is 3.58. The Bertz CT molecular complexity index is 537. The van der Waals surface area contributed by atoms with E-state index in [9.17, 15) is 4.79 Å². The Morgan fingerprint density at radius 1 is 1.32 bits per heavy atom. The number of benzene rings is 1. The minimum atomic E-state index is -0.447. The molecule has 0 saturated carbocycles. The van der Waals surface area contributed by atoms with Gasteiger partial charge < -0.3 is 20.1 Å². The number of nitrogens with two attached hydrogens (primary N) is 1. The Morgan fingerprint density at radius 3 is 2.76 bits per heavy atom. The number of likely N-dealkylation sites (tertiary alicyclic amines) is 1. The molecule has 2 saturated heterocycles. The molecule has 1 amide bonds. The van der Waals surface area contributed by atoms with Crippen LogP contribution in [-0.2, 0) is 14.3 Å². The molecule has 0 aromatic heterocycles. The number of amides is 1. The van der Waals surface area contributed by atoms with Crippen molar-refractivity contribution in [2.45, 2.75) is 50.4 Å². The second-order valence-corrected chi connectivity index (χ2v) is 6.89. The first-order chi connectivity index (χ1) is 11.6. The van der Waals surface area contributed by atoms with Crippen molar-refractivity contribution < 1.29 is 14.3 Å². The van der Waals surface area contributed by atoms with E-state index in [1.807, 2.05) is 30.0 Å². The van der Waals surface area contributed by atoms with Gasteiger partial charge in [-0.05, 0) is 31.7 Å². The lowest BCUT2D eigenvalue weighted by atomic mass is 9.95. The van der Waals surface area contributed by atoms with E-state index in [2.05, 4.69) is 12.1 Å². The molecule has 2 unspecified atom stereocenters. The van der Waals surface area contributed by atoms with Gasteiger partial charge in [-0.2, -0.15) is 0 Å². The largest absolute Gasteiger partial charge is 0.376 e. The van der Waals surface area contributed by atoms with Crippen molar-refractivity contribution >= 4 is 18.3 Å². The highest BCUT2D eigenvalue weighted by Crippen LogP contribution is 2.27. The van der Waals surface area contributed by atoms with Crippen molar-refractivity contribution in [2.24, 2.45) is 5.73 Å². The molecule has 1 aromatic carbocycles. The molecule has 2 aliphatic heterocycles. The lowest BCUT2D eigenvalue weighted by Crippen LogP contribution is -2.40. The molecule has 2 heterocycles. The van der Waals surface area contributed by atoms with E-state index in [-0.39, 0.29) is 36.4 Å². The van der Waals surface area contributed by atoms with Gasteiger partial charge in [-0.1, -0.05) is 30.3 Å². The van der Waals surface area contributed by atoms with E-state index < -0.39 is 6.10 Å². The Balaban J connectivity index is 0.00000225. The van der Waals surface area contributed by atoms with E-state index in [0.717, 1.165) is 19.4 Å². The van der Waals surface area contributed by atoms with Crippen molar-refractivity contribution in [3.05, 3.63) is 35.9 Å². The van der Waals surface area contributed by atoms with Gasteiger partial charge in [-0.3, -0.25) is 4.79 Å². The van der Waals surface area contributed by atoms with Crippen LogP contribution >= 0.6 is 12.4 Å². The summed E-state index contributed by atoms with van der Waals surface area (Å²) in [5.74, 6) is 0.226. The van der Waals surface area contributed by atoms with Crippen LogP contribution in [0.3, 0.4) is 0 Å². The maximum Gasteiger partial charge on any atom is 0.251 e. The van der Waals surface area contributed by atoms with Gasteiger partial charge in [-0.25, -0.2) is 0 Å². The topological polar surface area (TPSA) is 64.8 Å². The molecule has 2 fully saturated rings. The highest BCUT2D eigenvalue weighted by Gasteiger charge is 2.35. The van der Waals surface area contributed by atoms with Gasteiger partial charge in [0, 0.05) is 31.7 Å². The molecule has 0 aliphatic carbocycles. The van der Waals surface area contributed by atoms with Crippen LogP contribution < -0.4 is 5.73 Å². The summed E-state index contributed by atoms with van der Waals surface area (Å²) in [7, 11) is 0. The van der Waals surface area contributed by atoms with Gasteiger partial charge in [0.2, 0.25) is 0 Å². The summed E-state index contributed by atoms with van der Waals surface area (Å²) < 4.78 is 11.4. The lowest BCUT2D eigenvalue weighted by Gasteiger charge is -2.25. The van der Waals surface area contributed by atoms with Gasteiger partial charge >= 0.3 is 0 Å². The van der Waals surface area contributed by atoms with Crippen molar-refractivity contribution in [1.82, 2.24) is 4.90 Å². The predicted molar refractivity (Wildman–Crippen MR) is 100.0 cm³/mol. The highest BCUT2D eigenvalue weighted by molar-refractivity contribution is 5.85. The fraction of sp³-hybridized carbons (Fsp3) is 0.632. The van der Waals surface area contributed by atoms with Gasteiger partial charge in [0.15, 0.2) is 0 Å². The van der Waals surface area contributed by atoms with Crippen molar-refractivity contribution in [2.75, 3.05) is 26.3 Å². The standard InChI is InChI=1S/C19H28N2O3.ClH/c1-14(24-13-16-9-5-6-10-23-16)19(22)21-11-17(18(20)12-21)15-7-3-2-4-8-15;/h2-4,7-8,14,16-18H,5-6,9-13,20H2,1H3;1H/t14?,16?,17-,18+;/m0./s1. The molecule has 5 nitrogen and oxygen atoms in total. The molecule has 6 heteroatoms. The third kappa shape index (κ3) is 5.17. The summed E-state index contributed by atoms with van der Waals surface area (Å²) in [6.45, 7) is 4.38. The number of carbonyl (C=O) groups is 1. The zero-order chi connectivity index (χ0) is 16.9. The summed E-state index contributed by atoms with van der Waals surface area (Å²) in [4.78, 5) is 14.5. The van der Waals surface area contributed by atoms with Crippen molar-refractivity contribution in [1.29, 1.82) is 0 Å². The van der Waals surface area contributed by atoms with Gasteiger partial charge in [-0.15, -0.1) is 12.4 Å². The van der Waals surface area contributed by atoms with E-state index in [0.29, 0.717) is 19.7 Å². The van der Waals surface area contributed by atoms with Crippen LogP contribution in [0.1, 0.15) is 37.7 Å². The Hall–Kier alpha value is -1.14. The molecule has 0 spiro atoms. The molecule has 1 aromatic rings. The van der Waals surface area contributed by atoms with Crippen LogP contribution in [0.15, 0.2) is 30.3 Å². The maximum absolute atomic E-state index is 12.6. The van der Waals surface area contributed by atoms with E-state index in [1.54, 1.807) is 0 Å². The lowest BCUT2D eigenvalue weighted by molar-refractivity contribution is -0.145. The van der Waals surface area contributed by atoms with Gasteiger partial charge in [0.05, 0.1) is 12.7 Å². The third-order valence-electron chi connectivity index (χ3n) is 5.06.